The molecule has 0 unspecified atom stereocenters. The van der Waals surface area contributed by atoms with Gasteiger partial charge in [0.1, 0.15) is 6.61 Å². The van der Waals surface area contributed by atoms with Gasteiger partial charge < -0.3 is 14.0 Å². The van der Waals surface area contributed by atoms with Crippen LogP contribution in [-0.2, 0) is 22.7 Å². The first-order valence-corrected chi connectivity index (χ1v) is 11.7. The highest BCUT2D eigenvalue weighted by Gasteiger charge is 2.22. The van der Waals surface area contributed by atoms with E-state index < -0.39 is 4.92 Å². The number of hydrogen-bond acceptors (Lipinski definition) is 6. The van der Waals surface area contributed by atoms with E-state index in [4.69, 9.17) is 9.47 Å². The molecule has 184 valence electrons. The van der Waals surface area contributed by atoms with Gasteiger partial charge in [-0.3, -0.25) is 19.7 Å². The van der Waals surface area contributed by atoms with Gasteiger partial charge in [0.15, 0.2) is 11.5 Å². The van der Waals surface area contributed by atoms with Crippen molar-refractivity contribution < 1.29 is 24.0 Å². The molecule has 0 fully saturated rings. The highest BCUT2D eigenvalue weighted by molar-refractivity contribution is 6.16. The van der Waals surface area contributed by atoms with Crippen molar-refractivity contribution in [2.75, 3.05) is 6.61 Å². The van der Waals surface area contributed by atoms with Gasteiger partial charge in [-0.25, -0.2) is 0 Å². The molecule has 8 nitrogen and oxygen atoms in total. The summed E-state index contributed by atoms with van der Waals surface area (Å²) in [5.74, 6) is -0.484. The number of nitro benzene ring substituents is 1. The Morgan fingerprint density at radius 1 is 1.00 bits per heavy atom. The average Bonchev–Trinajstić information content (AvgIpc) is 3.26. The minimum absolute atomic E-state index is 0.0351. The summed E-state index contributed by atoms with van der Waals surface area (Å²) < 4.78 is 12.7. The minimum Gasteiger partial charge on any atom is -0.482 e. The lowest BCUT2D eigenvalue weighted by Crippen LogP contribution is -2.06. The zero-order valence-corrected chi connectivity index (χ0v) is 19.9. The van der Waals surface area contributed by atoms with Gasteiger partial charge in [0.25, 0.3) is 0 Å². The number of ketones is 1. The number of ether oxygens (including phenoxy) is 2. The van der Waals surface area contributed by atoms with Crippen LogP contribution in [0, 0.1) is 10.1 Å². The number of carbonyl (C=O) groups is 2. The summed E-state index contributed by atoms with van der Waals surface area (Å²) >= 11 is 0. The lowest BCUT2D eigenvalue weighted by Gasteiger charge is -2.09. The summed E-state index contributed by atoms with van der Waals surface area (Å²) in [6.07, 6.45) is 2.62. The smallest absolute Gasteiger partial charge is 0.310 e. The van der Waals surface area contributed by atoms with E-state index in [1.807, 2.05) is 59.2 Å². The molecule has 0 bridgehead atoms. The first-order chi connectivity index (χ1) is 17.5. The predicted octanol–water partition coefficient (Wildman–Crippen LogP) is 5.70. The highest BCUT2D eigenvalue weighted by atomic mass is 16.6. The standard InChI is InChI=1S/C28H26N2O6/c1-2-35-27(31)13-8-16-29-18-23(22-11-6-7-12-24(22)29)28(32)21-14-15-25(30(33)34)26(17-21)36-19-20-9-4-3-5-10-20/h3-7,9-12,14-15,17-18H,2,8,13,16,19H2,1H3. The second-order valence-electron chi connectivity index (χ2n) is 8.20. The lowest BCUT2D eigenvalue weighted by molar-refractivity contribution is -0.385. The molecule has 0 amide bonds. The third kappa shape index (κ3) is 5.60. The molecule has 0 spiro atoms. The normalized spacial score (nSPS) is 10.8. The number of nitro groups is 1. The van der Waals surface area contributed by atoms with E-state index in [1.165, 1.54) is 18.2 Å². The number of aromatic nitrogens is 1. The third-order valence-electron chi connectivity index (χ3n) is 5.77. The van der Waals surface area contributed by atoms with Crippen LogP contribution in [0.1, 0.15) is 41.3 Å². The van der Waals surface area contributed by atoms with Gasteiger partial charge in [0.2, 0.25) is 0 Å². The van der Waals surface area contributed by atoms with Crippen molar-refractivity contribution in [1.82, 2.24) is 4.57 Å². The topological polar surface area (TPSA) is 101 Å². The Balaban J connectivity index is 1.61. The van der Waals surface area contributed by atoms with E-state index in [0.717, 1.165) is 16.5 Å². The molecule has 0 saturated heterocycles. The minimum atomic E-state index is -0.524. The van der Waals surface area contributed by atoms with Crippen molar-refractivity contribution in [2.45, 2.75) is 32.9 Å². The molecule has 0 radical (unpaired) electrons. The zero-order chi connectivity index (χ0) is 25.5. The van der Waals surface area contributed by atoms with Crippen molar-refractivity contribution in [2.24, 2.45) is 0 Å². The largest absolute Gasteiger partial charge is 0.482 e. The van der Waals surface area contributed by atoms with Crippen LogP contribution in [0.4, 0.5) is 5.69 Å². The third-order valence-corrected chi connectivity index (χ3v) is 5.77. The number of para-hydroxylation sites is 1. The summed E-state index contributed by atoms with van der Waals surface area (Å²) in [5, 5.41) is 12.3. The van der Waals surface area contributed by atoms with Crippen molar-refractivity contribution in [1.29, 1.82) is 0 Å². The number of esters is 1. The second-order valence-corrected chi connectivity index (χ2v) is 8.20. The number of fused-ring (bicyclic) bond motifs is 1. The molecule has 8 heteroatoms. The van der Waals surface area contributed by atoms with Crippen LogP contribution in [0.5, 0.6) is 5.75 Å². The molecule has 1 aromatic heterocycles. The van der Waals surface area contributed by atoms with Crippen molar-refractivity contribution in [3.63, 3.8) is 0 Å². The van der Waals surface area contributed by atoms with Crippen LogP contribution < -0.4 is 4.74 Å². The van der Waals surface area contributed by atoms with E-state index in [0.29, 0.717) is 25.1 Å². The van der Waals surface area contributed by atoms with Crippen LogP contribution in [-0.4, -0.2) is 27.8 Å². The van der Waals surface area contributed by atoms with Crippen LogP contribution in [0.2, 0.25) is 0 Å². The van der Waals surface area contributed by atoms with Crippen molar-refractivity contribution in [3.8, 4) is 5.75 Å². The second kappa shape index (κ2) is 11.3. The summed E-state index contributed by atoms with van der Waals surface area (Å²) in [6.45, 7) is 2.79. The molecule has 0 atom stereocenters. The Kier molecular flexibility index (Phi) is 7.75. The van der Waals surface area contributed by atoms with E-state index >= 15 is 0 Å². The molecule has 4 aromatic rings. The van der Waals surface area contributed by atoms with Crippen molar-refractivity contribution >= 4 is 28.3 Å². The maximum atomic E-state index is 13.5. The summed E-state index contributed by atoms with van der Waals surface area (Å²) in [5.41, 5.74) is 2.29. The van der Waals surface area contributed by atoms with E-state index in [1.54, 1.807) is 13.1 Å². The fourth-order valence-corrected chi connectivity index (χ4v) is 4.05. The Hall–Kier alpha value is -4.46. The molecule has 0 N–H and O–H groups in total. The van der Waals surface area contributed by atoms with Gasteiger partial charge in [0.05, 0.1) is 11.5 Å². The molecule has 0 aliphatic rings. The molecular formula is C28H26N2O6. The molecule has 1 heterocycles. The van der Waals surface area contributed by atoms with Crippen LogP contribution in [0.25, 0.3) is 10.9 Å². The first-order valence-electron chi connectivity index (χ1n) is 11.7. The number of hydrogen-bond donors (Lipinski definition) is 0. The molecule has 0 aliphatic heterocycles. The van der Waals surface area contributed by atoms with E-state index in [9.17, 15) is 19.7 Å². The monoisotopic (exact) mass is 486 g/mol. The maximum Gasteiger partial charge on any atom is 0.310 e. The summed E-state index contributed by atoms with van der Waals surface area (Å²) in [7, 11) is 0. The molecule has 0 aliphatic carbocycles. The van der Waals surface area contributed by atoms with Gasteiger partial charge in [-0.05, 0) is 37.1 Å². The Morgan fingerprint density at radius 3 is 2.50 bits per heavy atom. The quantitative estimate of drug-likeness (QED) is 0.117. The molecule has 36 heavy (non-hydrogen) atoms. The van der Waals surface area contributed by atoms with Gasteiger partial charge in [0, 0.05) is 47.3 Å². The van der Waals surface area contributed by atoms with Gasteiger partial charge in [-0.2, -0.15) is 0 Å². The Morgan fingerprint density at radius 2 is 1.75 bits per heavy atom. The predicted molar refractivity (Wildman–Crippen MR) is 135 cm³/mol. The number of carbonyl (C=O) groups excluding carboxylic acids is 2. The Labute approximate surface area is 208 Å². The van der Waals surface area contributed by atoms with E-state index in [2.05, 4.69) is 0 Å². The van der Waals surface area contributed by atoms with E-state index in [-0.39, 0.29) is 41.8 Å². The average molecular weight is 487 g/mol. The summed E-state index contributed by atoms with van der Waals surface area (Å²) in [6, 6.07) is 21.0. The molecule has 0 saturated carbocycles. The fraction of sp³-hybridized carbons (Fsp3) is 0.214. The number of aryl methyl sites for hydroxylation is 1. The van der Waals surface area contributed by atoms with Gasteiger partial charge in [-0.1, -0.05) is 48.5 Å². The zero-order valence-electron chi connectivity index (χ0n) is 19.9. The molecule has 3 aromatic carbocycles. The molecule has 4 rings (SSSR count). The maximum absolute atomic E-state index is 13.5. The van der Waals surface area contributed by atoms with Crippen LogP contribution in [0.15, 0.2) is 79.0 Å². The SMILES string of the molecule is CCOC(=O)CCCn1cc(C(=O)c2ccc([N+](=O)[O-])c(OCc3ccccc3)c2)c2ccccc21. The number of benzene rings is 3. The number of nitrogens with zero attached hydrogens (tertiary/aromatic N) is 2. The Bertz CT molecular complexity index is 1390. The van der Waals surface area contributed by atoms with Crippen molar-refractivity contribution in [3.05, 3.63) is 106 Å². The molecular weight excluding hydrogens is 460 g/mol. The lowest BCUT2D eigenvalue weighted by atomic mass is 10.0. The number of rotatable bonds is 11. The van der Waals surface area contributed by atoms with Crippen LogP contribution >= 0.6 is 0 Å². The summed E-state index contributed by atoms with van der Waals surface area (Å²) in [4.78, 5) is 36.3. The highest BCUT2D eigenvalue weighted by Crippen LogP contribution is 2.31. The van der Waals surface area contributed by atoms with Gasteiger partial charge >= 0.3 is 11.7 Å². The first kappa shape index (κ1) is 24.7. The van der Waals surface area contributed by atoms with Crippen LogP contribution in [0.3, 0.4) is 0 Å². The fourth-order valence-electron chi connectivity index (χ4n) is 4.05. The van der Waals surface area contributed by atoms with Gasteiger partial charge in [-0.15, -0.1) is 0 Å².